The summed E-state index contributed by atoms with van der Waals surface area (Å²) in [7, 11) is 0. The third kappa shape index (κ3) is 5.04. The molecule has 0 spiro atoms. The summed E-state index contributed by atoms with van der Waals surface area (Å²) in [6.07, 6.45) is 1.02. The van der Waals surface area contributed by atoms with E-state index in [9.17, 15) is 0 Å². The van der Waals surface area contributed by atoms with E-state index in [2.05, 4.69) is 58.9 Å². The molecule has 0 aliphatic rings. The lowest BCUT2D eigenvalue weighted by Gasteiger charge is -2.26. The van der Waals surface area contributed by atoms with Crippen molar-refractivity contribution in [3.05, 3.63) is 29.8 Å². The van der Waals surface area contributed by atoms with Gasteiger partial charge in [-0.15, -0.1) is 0 Å². The van der Waals surface area contributed by atoms with Crippen molar-refractivity contribution >= 4 is 11.8 Å². The first-order valence-electron chi connectivity index (χ1n) is 5.82. The predicted molar refractivity (Wildman–Crippen MR) is 72.0 cm³/mol. The molecular formula is C14H22OS. The molecule has 1 nitrogen and oxygen atoms in total. The fraction of sp³-hybridized carbons (Fsp3) is 0.571. The largest absolute Gasteiger partial charge is 0.362 e. The maximum absolute atomic E-state index is 5.98. The van der Waals surface area contributed by atoms with Gasteiger partial charge in [0.25, 0.3) is 0 Å². The Bertz CT molecular complexity index is 311. The van der Waals surface area contributed by atoms with Gasteiger partial charge in [-0.1, -0.05) is 36.4 Å². The first-order chi connectivity index (χ1) is 7.40. The van der Waals surface area contributed by atoms with Crippen molar-refractivity contribution in [3.63, 3.8) is 0 Å². The molecule has 0 saturated carbocycles. The van der Waals surface area contributed by atoms with E-state index < -0.39 is 0 Å². The second kappa shape index (κ2) is 5.74. The van der Waals surface area contributed by atoms with Crippen molar-refractivity contribution in [2.45, 2.75) is 57.0 Å². The highest BCUT2D eigenvalue weighted by molar-refractivity contribution is 7.99. The van der Waals surface area contributed by atoms with Gasteiger partial charge in [0.1, 0.15) is 5.44 Å². The SMILES string of the molecule is CCC(OC(C)(C)C)Sc1ccc(C)cc1. The highest BCUT2D eigenvalue weighted by atomic mass is 32.2. The molecule has 0 aromatic heterocycles. The summed E-state index contributed by atoms with van der Waals surface area (Å²) in [5.74, 6) is 0. The summed E-state index contributed by atoms with van der Waals surface area (Å²) in [6, 6.07) is 8.61. The number of ether oxygens (including phenoxy) is 1. The first kappa shape index (κ1) is 13.6. The Morgan fingerprint density at radius 3 is 2.19 bits per heavy atom. The molecule has 0 aliphatic carbocycles. The Kier molecular flexibility index (Phi) is 4.88. The molecule has 0 fully saturated rings. The maximum atomic E-state index is 5.98. The van der Waals surface area contributed by atoms with Gasteiger partial charge in [0.05, 0.1) is 5.60 Å². The van der Waals surface area contributed by atoms with E-state index in [1.165, 1.54) is 10.5 Å². The Hall–Kier alpha value is -0.470. The van der Waals surface area contributed by atoms with Gasteiger partial charge in [-0.25, -0.2) is 0 Å². The van der Waals surface area contributed by atoms with E-state index in [1.54, 1.807) is 11.8 Å². The molecule has 16 heavy (non-hydrogen) atoms. The minimum atomic E-state index is -0.0711. The number of hydrogen-bond acceptors (Lipinski definition) is 2. The smallest absolute Gasteiger partial charge is 0.108 e. The van der Waals surface area contributed by atoms with Crippen molar-refractivity contribution in [2.24, 2.45) is 0 Å². The summed E-state index contributed by atoms with van der Waals surface area (Å²) in [4.78, 5) is 1.28. The predicted octanol–water partition coefficient (Wildman–Crippen LogP) is 4.64. The average Bonchev–Trinajstić information content (AvgIpc) is 2.18. The van der Waals surface area contributed by atoms with Crippen molar-refractivity contribution in [3.8, 4) is 0 Å². The van der Waals surface area contributed by atoms with E-state index in [0.29, 0.717) is 0 Å². The lowest BCUT2D eigenvalue weighted by molar-refractivity contribution is -0.0200. The van der Waals surface area contributed by atoms with Gasteiger partial charge < -0.3 is 4.74 Å². The van der Waals surface area contributed by atoms with E-state index in [1.807, 2.05) is 0 Å². The van der Waals surface area contributed by atoms with Crippen LogP contribution >= 0.6 is 11.8 Å². The van der Waals surface area contributed by atoms with Crippen LogP contribution in [0.25, 0.3) is 0 Å². The molecule has 0 aliphatic heterocycles. The van der Waals surface area contributed by atoms with Crippen molar-refractivity contribution in [1.82, 2.24) is 0 Å². The Balaban J connectivity index is 2.60. The monoisotopic (exact) mass is 238 g/mol. The van der Waals surface area contributed by atoms with Gasteiger partial charge in [-0.2, -0.15) is 0 Å². The summed E-state index contributed by atoms with van der Waals surface area (Å²) >= 11 is 1.80. The van der Waals surface area contributed by atoms with Crippen LogP contribution < -0.4 is 0 Å². The summed E-state index contributed by atoms with van der Waals surface area (Å²) in [6.45, 7) is 10.6. The average molecular weight is 238 g/mol. The van der Waals surface area contributed by atoms with E-state index in [-0.39, 0.29) is 11.0 Å². The maximum Gasteiger partial charge on any atom is 0.108 e. The van der Waals surface area contributed by atoms with Crippen LogP contribution in [0.3, 0.4) is 0 Å². The third-order valence-corrected chi connectivity index (χ3v) is 3.34. The number of benzene rings is 1. The zero-order chi connectivity index (χ0) is 12.2. The summed E-state index contributed by atoms with van der Waals surface area (Å²) in [5, 5.41) is 0. The van der Waals surface area contributed by atoms with Crippen LogP contribution in [0, 0.1) is 6.92 Å². The minimum absolute atomic E-state index is 0.0711. The van der Waals surface area contributed by atoms with Crippen molar-refractivity contribution in [2.75, 3.05) is 0 Å². The van der Waals surface area contributed by atoms with Crippen molar-refractivity contribution < 1.29 is 4.74 Å². The standard InChI is InChI=1S/C14H22OS/c1-6-13(15-14(3,4)5)16-12-9-7-11(2)8-10-12/h7-10,13H,6H2,1-5H3. The molecule has 0 radical (unpaired) electrons. The Morgan fingerprint density at radius 2 is 1.75 bits per heavy atom. The lowest BCUT2D eigenvalue weighted by Crippen LogP contribution is -2.24. The molecule has 1 aromatic carbocycles. The highest BCUT2D eigenvalue weighted by Gasteiger charge is 2.18. The molecule has 0 N–H and O–H groups in total. The molecule has 1 unspecified atom stereocenters. The highest BCUT2D eigenvalue weighted by Crippen LogP contribution is 2.29. The van der Waals surface area contributed by atoms with Crippen molar-refractivity contribution in [1.29, 1.82) is 0 Å². The molecular weight excluding hydrogens is 216 g/mol. The molecule has 1 aromatic rings. The van der Waals surface area contributed by atoms with Gasteiger partial charge >= 0.3 is 0 Å². The van der Waals surface area contributed by atoms with Gasteiger partial charge in [-0.05, 0) is 46.2 Å². The zero-order valence-electron chi connectivity index (χ0n) is 10.9. The topological polar surface area (TPSA) is 9.23 Å². The van der Waals surface area contributed by atoms with Gasteiger partial charge in [0, 0.05) is 4.90 Å². The van der Waals surface area contributed by atoms with Crippen LogP contribution in [0.15, 0.2) is 29.2 Å². The second-order valence-electron chi connectivity index (χ2n) is 5.00. The van der Waals surface area contributed by atoms with Gasteiger partial charge in [-0.3, -0.25) is 0 Å². The molecule has 90 valence electrons. The summed E-state index contributed by atoms with van der Waals surface area (Å²) < 4.78 is 5.98. The van der Waals surface area contributed by atoms with E-state index >= 15 is 0 Å². The molecule has 0 saturated heterocycles. The molecule has 2 heteroatoms. The number of aryl methyl sites for hydroxylation is 1. The van der Waals surface area contributed by atoms with Crippen LogP contribution in [0.4, 0.5) is 0 Å². The number of thioether (sulfide) groups is 1. The fourth-order valence-corrected chi connectivity index (χ4v) is 2.45. The van der Waals surface area contributed by atoms with Crippen LogP contribution in [-0.2, 0) is 4.74 Å². The molecule has 1 atom stereocenters. The van der Waals surface area contributed by atoms with E-state index in [0.717, 1.165) is 6.42 Å². The van der Waals surface area contributed by atoms with Gasteiger partial charge in [0.15, 0.2) is 0 Å². The molecule has 0 heterocycles. The zero-order valence-corrected chi connectivity index (χ0v) is 11.7. The normalized spacial score (nSPS) is 13.8. The van der Waals surface area contributed by atoms with Crippen LogP contribution in [0.1, 0.15) is 39.7 Å². The van der Waals surface area contributed by atoms with Crippen LogP contribution in [0.5, 0.6) is 0 Å². The number of hydrogen-bond donors (Lipinski definition) is 0. The minimum Gasteiger partial charge on any atom is -0.362 e. The quantitative estimate of drug-likeness (QED) is 0.558. The Morgan fingerprint density at radius 1 is 1.19 bits per heavy atom. The number of rotatable bonds is 4. The molecule has 1 rings (SSSR count). The van der Waals surface area contributed by atoms with E-state index in [4.69, 9.17) is 4.74 Å². The second-order valence-corrected chi connectivity index (χ2v) is 6.23. The lowest BCUT2D eigenvalue weighted by atomic mass is 10.2. The molecule has 0 bridgehead atoms. The van der Waals surface area contributed by atoms with Crippen LogP contribution in [-0.4, -0.2) is 11.0 Å². The Labute approximate surface area is 104 Å². The first-order valence-corrected chi connectivity index (χ1v) is 6.70. The third-order valence-electron chi connectivity index (χ3n) is 2.11. The summed E-state index contributed by atoms with van der Waals surface area (Å²) in [5.41, 5.74) is 1.47. The fourth-order valence-electron chi connectivity index (χ4n) is 1.35. The van der Waals surface area contributed by atoms with Gasteiger partial charge in [0.2, 0.25) is 0 Å². The molecule has 0 amide bonds. The van der Waals surface area contributed by atoms with Crippen LogP contribution in [0.2, 0.25) is 0 Å².